The molecule has 3 aromatic carbocycles. The Balaban J connectivity index is 1.21. The fraction of sp³-hybridized carbons (Fsp3) is 0.286. The highest BCUT2D eigenvalue weighted by Crippen LogP contribution is 2.47. The molecule has 0 saturated carbocycles. The van der Waals surface area contributed by atoms with Crippen molar-refractivity contribution in [1.82, 2.24) is 15.0 Å². The first-order valence-corrected chi connectivity index (χ1v) is 15.7. The number of hydrazone groups is 1. The molecule has 0 spiro atoms. The van der Waals surface area contributed by atoms with Gasteiger partial charge in [0.2, 0.25) is 5.91 Å². The molecule has 2 amide bonds. The number of non-ortho nitro benzene ring substituents is 1. The summed E-state index contributed by atoms with van der Waals surface area (Å²) in [5, 5.41) is 46.8. The molecule has 4 aromatic rings. The molecule has 0 aliphatic carbocycles. The van der Waals surface area contributed by atoms with Gasteiger partial charge in [-0.2, -0.15) is 5.10 Å². The summed E-state index contributed by atoms with van der Waals surface area (Å²) in [6, 6.07) is 20.9. The molecule has 246 valence electrons. The lowest BCUT2D eigenvalue weighted by Gasteiger charge is -2.27. The first-order valence-electron chi connectivity index (χ1n) is 15.7. The van der Waals surface area contributed by atoms with Crippen molar-refractivity contribution in [3.8, 4) is 0 Å². The maximum absolute atomic E-state index is 14.0. The number of nitrogens with zero attached hydrogens (tertiary/aromatic N) is 7. The number of anilines is 2. The minimum Gasteiger partial charge on any atom is -0.396 e. The summed E-state index contributed by atoms with van der Waals surface area (Å²) in [5.74, 6) is -1.43. The van der Waals surface area contributed by atoms with Gasteiger partial charge in [-0.1, -0.05) is 66.8 Å². The van der Waals surface area contributed by atoms with Crippen LogP contribution in [0.25, 0.3) is 0 Å². The minimum atomic E-state index is -2.04. The molecule has 0 fully saturated rings. The number of hydrogen-bond acceptors (Lipinski definition) is 9. The van der Waals surface area contributed by atoms with Crippen molar-refractivity contribution >= 4 is 34.6 Å². The Bertz CT molecular complexity index is 1890. The molecular weight excluding hydrogens is 614 g/mol. The minimum absolute atomic E-state index is 0.0185. The van der Waals surface area contributed by atoms with Crippen LogP contribution in [-0.2, 0) is 34.7 Å². The number of hydrogen-bond donors (Lipinski definition) is 2. The molecule has 0 saturated heterocycles. The summed E-state index contributed by atoms with van der Waals surface area (Å²) in [4.78, 5) is 39.3. The van der Waals surface area contributed by atoms with Crippen LogP contribution in [0, 0.1) is 16.0 Å². The Labute approximate surface area is 276 Å². The molecule has 0 bridgehead atoms. The Morgan fingerprint density at radius 1 is 1.06 bits per heavy atom. The Hall–Kier alpha value is -5.53. The van der Waals surface area contributed by atoms with Crippen LogP contribution >= 0.6 is 0 Å². The van der Waals surface area contributed by atoms with E-state index in [-0.39, 0.29) is 30.3 Å². The van der Waals surface area contributed by atoms with Gasteiger partial charge < -0.3 is 15.1 Å². The van der Waals surface area contributed by atoms with E-state index in [0.717, 1.165) is 16.8 Å². The van der Waals surface area contributed by atoms with E-state index in [0.29, 0.717) is 49.3 Å². The quantitative estimate of drug-likeness (QED) is 0.130. The molecular formula is C35H35N7O6. The molecule has 3 heterocycles. The van der Waals surface area contributed by atoms with Crippen LogP contribution in [0.1, 0.15) is 48.6 Å². The molecule has 13 nitrogen and oxygen atoms in total. The van der Waals surface area contributed by atoms with Crippen molar-refractivity contribution in [1.29, 1.82) is 0 Å². The number of amides is 2. The van der Waals surface area contributed by atoms with E-state index in [9.17, 15) is 24.8 Å². The first kappa shape index (κ1) is 32.4. The molecule has 0 radical (unpaired) electrons. The van der Waals surface area contributed by atoms with E-state index < -0.39 is 22.3 Å². The van der Waals surface area contributed by atoms with Crippen molar-refractivity contribution < 1.29 is 24.7 Å². The number of aliphatic hydroxyl groups is 2. The highest BCUT2D eigenvalue weighted by Gasteiger charge is 2.53. The standard InChI is InChI=1S/C35H35N7O6/c1-24(7-5-6-19-39-23-27(18-20-43)36-38-39)35(46)30-21-29(42(47)48)14-16-32(30)40(34(35)45)22-25-10-12-28(13-11-25)41-33(44)17-15-31(37-41)26-8-3-2-4-9-26/h2-5,7-14,16,21,23-24,43,46H,6,15,17-20,22H2,1H3/b7-5+/t24-,35+/m1/s1. The predicted molar refractivity (Wildman–Crippen MR) is 178 cm³/mol. The van der Waals surface area contributed by atoms with Gasteiger partial charge in [0.25, 0.3) is 11.6 Å². The summed E-state index contributed by atoms with van der Waals surface area (Å²) in [7, 11) is 0. The number of aliphatic hydroxyl groups excluding tert-OH is 1. The summed E-state index contributed by atoms with van der Waals surface area (Å²) >= 11 is 0. The van der Waals surface area contributed by atoms with Gasteiger partial charge in [-0.3, -0.25) is 24.4 Å². The zero-order valence-electron chi connectivity index (χ0n) is 26.3. The molecule has 2 aliphatic rings. The first-order chi connectivity index (χ1) is 23.2. The molecule has 13 heteroatoms. The molecule has 1 aromatic heterocycles. The molecule has 2 N–H and O–H groups in total. The highest BCUT2D eigenvalue weighted by molar-refractivity contribution is 6.09. The third-order valence-corrected chi connectivity index (χ3v) is 8.69. The van der Waals surface area contributed by atoms with E-state index in [2.05, 4.69) is 15.4 Å². The van der Waals surface area contributed by atoms with Crippen molar-refractivity contribution in [3.63, 3.8) is 0 Å². The zero-order valence-corrected chi connectivity index (χ0v) is 26.3. The third-order valence-electron chi connectivity index (χ3n) is 8.69. The second-order valence-corrected chi connectivity index (χ2v) is 11.9. The van der Waals surface area contributed by atoms with Gasteiger partial charge in [0.1, 0.15) is 0 Å². The zero-order chi connectivity index (χ0) is 33.8. The summed E-state index contributed by atoms with van der Waals surface area (Å²) < 4.78 is 1.65. The number of carbonyl (C=O) groups is 2. The van der Waals surface area contributed by atoms with E-state index in [1.165, 1.54) is 28.1 Å². The SMILES string of the molecule is C[C@H](/C=C/CCn1cc(CCO)nn1)[C@@]1(O)C(=O)N(Cc2ccc(N3N=C(c4ccccc4)CCC3=O)cc2)c2ccc([N+](=O)[O-])cc21. The molecule has 2 aliphatic heterocycles. The number of fused-ring (bicyclic) bond motifs is 1. The Morgan fingerprint density at radius 3 is 2.56 bits per heavy atom. The lowest BCUT2D eigenvalue weighted by molar-refractivity contribution is -0.385. The Kier molecular flexibility index (Phi) is 9.24. The van der Waals surface area contributed by atoms with Crippen molar-refractivity contribution in [2.45, 2.75) is 51.3 Å². The van der Waals surface area contributed by atoms with Crippen LogP contribution in [0.2, 0.25) is 0 Å². The number of aryl methyl sites for hydroxylation is 1. The number of aromatic nitrogens is 3. The lowest BCUT2D eigenvalue weighted by atomic mass is 9.82. The maximum Gasteiger partial charge on any atom is 0.269 e. The van der Waals surface area contributed by atoms with E-state index in [1.807, 2.05) is 36.4 Å². The van der Waals surface area contributed by atoms with Crippen LogP contribution in [0.3, 0.4) is 0 Å². The number of carbonyl (C=O) groups excluding carboxylic acids is 2. The summed E-state index contributed by atoms with van der Waals surface area (Å²) in [5.41, 5.74) is 2.07. The normalized spacial score (nSPS) is 18.4. The number of rotatable bonds is 12. The van der Waals surface area contributed by atoms with Crippen LogP contribution in [-0.4, -0.2) is 54.3 Å². The van der Waals surface area contributed by atoms with Crippen molar-refractivity contribution in [2.24, 2.45) is 11.0 Å². The number of benzene rings is 3. The second-order valence-electron chi connectivity index (χ2n) is 11.9. The van der Waals surface area contributed by atoms with Gasteiger partial charge in [0, 0.05) is 62.2 Å². The van der Waals surface area contributed by atoms with Crippen LogP contribution in [0.5, 0.6) is 0 Å². The van der Waals surface area contributed by atoms with E-state index in [4.69, 9.17) is 5.11 Å². The van der Waals surface area contributed by atoms with Crippen molar-refractivity contribution in [2.75, 3.05) is 16.5 Å². The van der Waals surface area contributed by atoms with Gasteiger partial charge in [0.05, 0.1) is 34.2 Å². The fourth-order valence-electron chi connectivity index (χ4n) is 6.05. The second kappa shape index (κ2) is 13.7. The topological polar surface area (TPSA) is 167 Å². The van der Waals surface area contributed by atoms with Crippen LogP contribution in [0.15, 0.2) is 96.2 Å². The lowest BCUT2D eigenvalue weighted by Crippen LogP contribution is -2.44. The number of nitro groups is 1. The number of nitro benzene ring substituents is 1. The average Bonchev–Trinajstić information content (AvgIpc) is 3.64. The van der Waals surface area contributed by atoms with E-state index >= 15 is 0 Å². The van der Waals surface area contributed by atoms with Gasteiger partial charge >= 0.3 is 0 Å². The molecule has 6 rings (SSSR count). The van der Waals surface area contributed by atoms with Crippen molar-refractivity contribution in [3.05, 3.63) is 124 Å². The van der Waals surface area contributed by atoms with Crippen LogP contribution < -0.4 is 9.91 Å². The van der Waals surface area contributed by atoms with Gasteiger partial charge in [0.15, 0.2) is 5.60 Å². The molecule has 0 unspecified atom stereocenters. The molecule has 48 heavy (non-hydrogen) atoms. The smallest absolute Gasteiger partial charge is 0.269 e. The largest absolute Gasteiger partial charge is 0.396 e. The fourth-order valence-corrected chi connectivity index (χ4v) is 6.05. The van der Waals surface area contributed by atoms with E-state index in [1.54, 1.807) is 48.1 Å². The maximum atomic E-state index is 14.0. The molecule has 2 atom stereocenters. The third kappa shape index (κ3) is 6.37. The van der Waals surface area contributed by atoms with Gasteiger partial charge in [-0.05, 0) is 35.7 Å². The summed E-state index contributed by atoms with van der Waals surface area (Å²) in [6.45, 7) is 2.27. The summed E-state index contributed by atoms with van der Waals surface area (Å²) in [6.07, 6.45) is 7.14. The van der Waals surface area contributed by atoms with Gasteiger partial charge in [-0.25, -0.2) is 5.01 Å². The Morgan fingerprint density at radius 2 is 1.83 bits per heavy atom. The highest BCUT2D eigenvalue weighted by atomic mass is 16.6. The monoisotopic (exact) mass is 649 g/mol. The van der Waals surface area contributed by atoms with Crippen LogP contribution in [0.4, 0.5) is 17.1 Å². The predicted octanol–water partition coefficient (Wildman–Crippen LogP) is 4.27. The number of allylic oxidation sites excluding steroid dienone is 1. The van der Waals surface area contributed by atoms with Gasteiger partial charge in [-0.15, -0.1) is 5.10 Å². The average molecular weight is 650 g/mol.